The van der Waals surface area contributed by atoms with E-state index in [1.54, 1.807) is 49.6 Å². The maximum atomic E-state index is 13.8. The van der Waals surface area contributed by atoms with Gasteiger partial charge in [-0.2, -0.15) is 0 Å². The first-order chi connectivity index (χ1) is 20.1. The van der Waals surface area contributed by atoms with Crippen LogP contribution in [0.15, 0.2) is 97.1 Å². The minimum atomic E-state index is -1.36. The van der Waals surface area contributed by atoms with Gasteiger partial charge in [0.1, 0.15) is 23.0 Å². The molecule has 218 valence electrons. The molecule has 7 nitrogen and oxygen atoms in total. The molecule has 0 radical (unpaired) electrons. The lowest BCUT2D eigenvalue weighted by molar-refractivity contribution is -0.152. The van der Waals surface area contributed by atoms with Crippen LogP contribution < -0.4 is 14.2 Å². The van der Waals surface area contributed by atoms with Crippen LogP contribution in [0.5, 0.6) is 23.0 Å². The SMILES string of the molecule is COc1ccc(CCN(CCc2ccccc2)C(=O)c2cccc(Oc3ccc(OC(C)(C)C(=O)O)c(C)c3)c2)cc1. The van der Waals surface area contributed by atoms with Gasteiger partial charge in [0.25, 0.3) is 5.91 Å². The topological polar surface area (TPSA) is 85.3 Å². The van der Waals surface area contributed by atoms with Crippen LogP contribution in [0.4, 0.5) is 0 Å². The van der Waals surface area contributed by atoms with Crippen LogP contribution >= 0.6 is 0 Å². The molecule has 1 N–H and O–H groups in total. The molecule has 0 aliphatic carbocycles. The monoisotopic (exact) mass is 567 g/mol. The number of hydrogen-bond acceptors (Lipinski definition) is 5. The molecule has 4 rings (SSSR count). The van der Waals surface area contributed by atoms with Crippen molar-refractivity contribution in [2.75, 3.05) is 20.2 Å². The van der Waals surface area contributed by atoms with Gasteiger partial charge in [0.15, 0.2) is 5.60 Å². The van der Waals surface area contributed by atoms with E-state index in [2.05, 4.69) is 12.1 Å². The van der Waals surface area contributed by atoms with Gasteiger partial charge in [-0.25, -0.2) is 4.79 Å². The highest BCUT2D eigenvalue weighted by molar-refractivity contribution is 5.94. The van der Waals surface area contributed by atoms with Crippen LogP contribution in [0.3, 0.4) is 0 Å². The minimum absolute atomic E-state index is 0.0688. The molecule has 1 amide bonds. The van der Waals surface area contributed by atoms with Crippen molar-refractivity contribution in [2.45, 2.75) is 39.2 Å². The summed E-state index contributed by atoms with van der Waals surface area (Å²) in [5, 5.41) is 9.37. The van der Waals surface area contributed by atoms with Crippen molar-refractivity contribution in [3.8, 4) is 23.0 Å². The van der Waals surface area contributed by atoms with E-state index in [9.17, 15) is 14.7 Å². The molecule has 0 unspecified atom stereocenters. The lowest BCUT2D eigenvalue weighted by Gasteiger charge is -2.24. The zero-order valence-electron chi connectivity index (χ0n) is 24.5. The Balaban J connectivity index is 1.48. The molecule has 0 bridgehead atoms. The van der Waals surface area contributed by atoms with Crippen molar-refractivity contribution in [3.63, 3.8) is 0 Å². The summed E-state index contributed by atoms with van der Waals surface area (Å²) < 4.78 is 17.0. The third-order valence-electron chi connectivity index (χ3n) is 6.97. The Morgan fingerprint density at radius 2 is 1.38 bits per heavy atom. The summed E-state index contributed by atoms with van der Waals surface area (Å²) in [6.07, 6.45) is 1.46. The summed E-state index contributed by atoms with van der Waals surface area (Å²) in [4.78, 5) is 27.1. The van der Waals surface area contributed by atoms with E-state index in [-0.39, 0.29) is 5.91 Å². The number of nitrogens with zero attached hydrogens (tertiary/aromatic N) is 1. The Morgan fingerprint density at radius 1 is 0.762 bits per heavy atom. The Labute approximate surface area is 247 Å². The van der Waals surface area contributed by atoms with Gasteiger partial charge < -0.3 is 24.2 Å². The van der Waals surface area contributed by atoms with Gasteiger partial charge in [0.2, 0.25) is 0 Å². The normalized spacial score (nSPS) is 11.0. The average molecular weight is 568 g/mol. The summed E-state index contributed by atoms with van der Waals surface area (Å²) in [6, 6.07) is 30.4. The van der Waals surface area contributed by atoms with Crippen molar-refractivity contribution >= 4 is 11.9 Å². The Kier molecular flexibility index (Phi) is 9.86. The van der Waals surface area contributed by atoms with E-state index in [4.69, 9.17) is 14.2 Å². The van der Waals surface area contributed by atoms with E-state index in [1.165, 1.54) is 19.4 Å². The number of carboxylic acids is 1. The highest BCUT2D eigenvalue weighted by atomic mass is 16.5. The molecule has 0 saturated carbocycles. The van der Waals surface area contributed by atoms with Crippen LogP contribution in [0.2, 0.25) is 0 Å². The third-order valence-corrected chi connectivity index (χ3v) is 6.97. The molecule has 0 spiro atoms. The first-order valence-corrected chi connectivity index (χ1v) is 13.9. The predicted molar refractivity (Wildman–Crippen MR) is 163 cm³/mol. The van der Waals surface area contributed by atoms with Gasteiger partial charge in [0, 0.05) is 18.7 Å². The molecule has 42 heavy (non-hydrogen) atoms. The summed E-state index contributed by atoms with van der Waals surface area (Å²) >= 11 is 0. The fraction of sp³-hybridized carbons (Fsp3) is 0.257. The fourth-order valence-electron chi connectivity index (χ4n) is 4.41. The largest absolute Gasteiger partial charge is 0.497 e. The van der Waals surface area contributed by atoms with Crippen molar-refractivity contribution < 1.29 is 28.9 Å². The van der Waals surface area contributed by atoms with Crippen molar-refractivity contribution in [1.82, 2.24) is 4.90 Å². The number of rotatable bonds is 13. The molecule has 0 aromatic heterocycles. The van der Waals surface area contributed by atoms with Crippen molar-refractivity contribution in [2.24, 2.45) is 0 Å². The van der Waals surface area contributed by atoms with Crippen LogP contribution in [-0.4, -0.2) is 47.7 Å². The number of amides is 1. The molecule has 0 aliphatic rings. The van der Waals surface area contributed by atoms with Crippen LogP contribution in [0.1, 0.15) is 40.9 Å². The molecule has 0 fully saturated rings. The van der Waals surface area contributed by atoms with Crippen molar-refractivity contribution in [1.29, 1.82) is 0 Å². The second-order valence-electron chi connectivity index (χ2n) is 10.6. The highest BCUT2D eigenvalue weighted by Crippen LogP contribution is 2.30. The fourth-order valence-corrected chi connectivity index (χ4v) is 4.41. The molecule has 0 saturated heterocycles. The van der Waals surface area contributed by atoms with Crippen LogP contribution in [0.25, 0.3) is 0 Å². The minimum Gasteiger partial charge on any atom is -0.497 e. The Bertz CT molecular complexity index is 1500. The first-order valence-electron chi connectivity index (χ1n) is 13.9. The Hall–Kier alpha value is -4.78. The van der Waals surface area contributed by atoms with E-state index >= 15 is 0 Å². The van der Waals surface area contributed by atoms with E-state index in [0.717, 1.165) is 23.3 Å². The first kappa shape index (κ1) is 30.2. The standard InChI is InChI=1S/C35H37NO6/c1-25-23-31(17-18-32(25)42-35(2,3)34(38)39)41-30-12-8-11-28(24-30)33(37)36(21-19-26-9-6-5-7-10-26)22-20-27-13-15-29(40-4)16-14-27/h5-18,23-24H,19-22H2,1-4H3,(H,38,39). The number of ether oxygens (including phenoxy) is 3. The number of hydrogen-bond donors (Lipinski definition) is 1. The van der Waals surface area contributed by atoms with E-state index in [1.807, 2.05) is 54.3 Å². The van der Waals surface area contributed by atoms with Crippen molar-refractivity contribution in [3.05, 3.63) is 119 Å². The molecular weight excluding hydrogens is 530 g/mol. The zero-order valence-corrected chi connectivity index (χ0v) is 24.5. The lowest BCUT2D eigenvalue weighted by Crippen LogP contribution is -2.38. The van der Waals surface area contributed by atoms with Gasteiger partial charge in [-0.1, -0.05) is 48.5 Å². The average Bonchev–Trinajstić information content (AvgIpc) is 2.99. The maximum absolute atomic E-state index is 13.8. The molecule has 4 aromatic carbocycles. The maximum Gasteiger partial charge on any atom is 0.347 e. The molecule has 0 aliphatic heterocycles. The van der Waals surface area contributed by atoms with Crippen LogP contribution in [0, 0.1) is 6.92 Å². The number of benzene rings is 4. The van der Waals surface area contributed by atoms with Gasteiger partial charge in [-0.15, -0.1) is 0 Å². The number of aliphatic carboxylic acids is 1. The second-order valence-corrected chi connectivity index (χ2v) is 10.6. The van der Waals surface area contributed by atoms with E-state index < -0.39 is 11.6 Å². The molecule has 7 heteroatoms. The summed E-state index contributed by atoms with van der Waals surface area (Å²) in [6.45, 7) is 5.98. The molecule has 0 atom stereocenters. The molecular formula is C35H37NO6. The zero-order chi connectivity index (χ0) is 30.1. The van der Waals surface area contributed by atoms with Gasteiger partial charge in [-0.3, -0.25) is 4.79 Å². The summed E-state index contributed by atoms with van der Waals surface area (Å²) in [7, 11) is 1.64. The van der Waals surface area contributed by atoms with Gasteiger partial charge >= 0.3 is 5.97 Å². The number of carbonyl (C=O) groups is 2. The lowest BCUT2D eigenvalue weighted by atomic mass is 10.1. The van der Waals surface area contributed by atoms with Gasteiger partial charge in [-0.05, 0) is 98.8 Å². The second kappa shape index (κ2) is 13.7. The number of carbonyl (C=O) groups excluding carboxylic acids is 1. The highest BCUT2D eigenvalue weighted by Gasteiger charge is 2.30. The molecule has 0 heterocycles. The number of methoxy groups -OCH3 is 1. The third kappa shape index (κ3) is 8.13. The van der Waals surface area contributed by atoms with Crippen LogP contribution in [-0.2, 0) is 17.6 Å². The summed E-state index contributed by atoms with van der Waals surface area (Å²) in [5.41, 5.74) is 2.21. The summed E-state index contributed by atoms with van der Waals surface area (Å²) in [5.74, 6) is 1.22. The molecule has 4 aromatic rings. The smallest absolute Gasteiger partial charge is 0.347 e. The Morgan fingerprint density at radius 3 is 2.00 bits per heavy atom. The van der Waals surface area contributed by atoms with Gasteiger partial charge in [0.05, 0.1) is 7.11 Å². The quantitative estimate of drug-likeness (QED) is 0.188. The number of aryl methyl sites for hydroxylation is 1. The predicted octanol–water partition coefficient (Wildman–Crippen LogP) is 6.97. The van der Waals surface area contributed by atoms with E-state index in [0.29, 0.717) is 42.3 Å². The number of carboxylic acid groups (broad SMARTS) is 1.